The van der Waals surface area contributed by atoms with Crippen molar-refractivity contribution in [1.29, 1.82) is 0 Å². The molecule has 2 amide bonds. The first-order valence-electron chi connectivity index (χ1n) is 8.35. The Morgan fingerprint density at radius 2 is 1.75 bits per heavy atom. The van der Waals surface area contributed by atoms with E-state index in [4.69, 9.17) is 16.3 Å². The molecule has 2 rings (SSSR count). The lowest BCUT2D eigenvalue weighted by atomic mass is 10.2. The molecule has 0 spiro atoms. The largest absolute Gasteiger partial charge is 0.495 e. The third kappa shape index (κ3) is 5.71. The normalized spacial score (nSPS) is 12.1. The van der Waals surface area contributed by atoms with E-state index in [1.54, 1.807) is 36.4 Å². The average Bonchev–Trinajstić information content (AvgIpc) is 2.62. The number of halogens is 1. The summed E-state index contributed by atoms with van der Waals surface area (Å²) in [6, 6.07) is 11.5. The van der Waals surface area contributed by atoms with Gasteiger partial charge in [0.15, 0.2) is 9.84 Å². The Morgan fingerprint density at radius 3 is 2.36 bits per heavy atom. The van der Waals surface area contributed by atoms with Crippen LogP contribution in [-0.4, -0.2) is 38.3 Å². The average molecular weight is 425 g/mol. The van der Waals surface area contributed by atoms with Crippen molar-refractivity contribution in [2.24, 2.45) is 0 Å². The van der Waals surface area contributed by atoms with Gasteiger partial charge in [-0.3, -0.25) is 9.59 Å². The number of anilines is 2. The van der Waals surface area contributed by atoms with Gasteiger partial charge in [-0.15, -0.1) is 0 Å². The highest BCUT2D eigenvalue weighted by Crippen LogP contribution is 2.28. The van der Waals surface area contributed by atoms with E-state index in [-0.39, 0.29) is 5.69 Å². The van der Waals surface area contributed by atoms with Crippen LogP contribution >= 0.6 is 11.6 Å². The van der Waals surface area contributed by atoms with Crippen LogP contribution < -0.4 is 15.4 Å². The molecule has 2 aromatic rings. The van der Waals surface area contributed by atoms with Crippen molar-refractivity contribution in [2.45, 2.75) is 19.1 Å². The molecule has 28 heavy (non-hydrogen) atoms. The summed E-state index contributed by atoms with van der Waals surface area (Å²) in [6.07, 6.45) is 0. The molecule has 7 nitrogen and oxygen atoms in total. The molecular weight excluding hydrogens is 404 g/mol. The van der Waals surface area contributed by atoms with Crippen LogP contribution in [0.15, 0.2) is 42.5 Å². The zero-order valence-corrected chi connectivity index (χ0v) is 17.2. The summed E-state index contributed by atoms with van der Waals surface area (Å²) < 4.78 is 30.0. The highest BCUT2D eigenvalue weighted by Gasteiger charge is 2.31. The topological polar surface area (TPSA) is 102 Å². The van der Waals surface area contributed by atoms with Crippen LogP contribution in [0, 0.1) is 6.92 Å². The van der Waals surface area contributed by atoms with Crippen LogP contribution in [0.3, 0.4) is 0 Å². The summed E-state index contributed by atoms with van der Waals surface area (Å²) in [5, 5.41) is 3.89. The minimum atomic E-state index is -4.03. The number of aryl methyl sites for hydroxylation is 1. The van der Waals surface area contributed by atoms with Crippen LogP contribution in [0.1, 0.15) is 12.5 Å². The minimum Gasteiger partial charge on any atom is -0.495 e. The van der Waals surface area contributed by atoms with Gasteiger partial charge in [0.2, 0.25) is 11.8 Å². The van der Waals surface area contributed by atoms with E-state index in [1.165, 1.54) is 20.1 Å². The van der Waals surface area contributed by atoms with Gasteiger partial charge < -0.3 is 15.4 Å². The zero-order valence-electron chi connectivity index (χ0n) is 15.7. The summed E-state index contributed by atoms with van der Waals surface area (Å²) in [5.41, 5.74) is 1.73. The van der Waals surface area contributed by atoms with Crippen molar-refractivity contribution in [2.75, 3.05) is 23.5 Å². The SMILES string of the molecule is COc1ccc(Cl)cc1NC(=O)C(C)S(=O)(=O)CC(=O)Nc1ccc(C)cc1. The molecular formula is C19H21ClN2O5S. The van der Waals surface area contributed by atoms with Crippen molar-refractivity contribution >= 4 is 44.6 Å². The lowest BCUT2D eigenvalue weighted by Crippen LogP contribution is -2.37. The first-order valence-corrected chi connectivity index (χ1v) is 10.4. The lowest BCUT2D eigenvalue weighted by molar-refractivity contribution is -0.115. The number of hydrogen-bond acceptors (Lipinski definition) is 5. The fraction of sp³-hybridized carbons (Fsp3) is 0.263. The van der Waals surface area contributed by atoms with E-state index in [1.807, 2.05) is 6.92 Å². The number of sulfone groups is 1. The molecule has 0 saturated heterocycles. The number of nitrogens with one attached hydrogen (secondary N) is 2. The van der Waals surface area contributed by atoms with Crippen LogP contribution in [0.5, 0.6) is 5.75 Å². The molecule has 2 aromatic carbocycles. The zero-order chi connectivity index (χ0) is 20.9. The number of benzene rings is 2. The minimum absolute atomic E-state index is 0.242. The predicted molar refractivity (Wildman–Crippen MR) is 110 cm³/mol. The first-order chi connectivity index (χ1) is 13.1. The van der Waals surface area contributed by atoms with Crippen LogP contribution in [0.25, 0.3) is 0 Å². The molecule has 0 aliphatic heterocycles. The monoisotopic (exact) mass is 424 g/mol. The van der Waals surface area contributed by atoms with E-state index in [9.17, 15) is 18.0 Å². The van der Waals surface area contributed by atoms with Crippen molar-refractivity contribution in [3.8, 4) is 5.75 Å². The number of hydrogen-bond donors (Lipinski definition) is 2. The van der Waals surface area contributed by atoms with Gasteiger partial charge in [-0.1, -0.05) is 29.3 Å². The van der Waals surface area contributed by atoms with Gasteiger partial charge in [0.1, 0.15) is 16.8 Å². The molecule has 2 N–H and O–H groups in total. The van der Waals surface area contributed by atoms with Gasteiger partial charge in [-0.05, 0) is 44.2 Å². The Morgan fingerprint density at radius 1 is 1.11 bits per heavy atom. The maximum absolute atomic E-state index is 12.5. The maximum Gasteiger partial charge on any atom is 0.242 e. The molecule has 9 heteroatoms. The number of methoxy groups -OCH3 is 1. The Hall–Kier alpha value is -2.58. The smallest absolute Gasteiger partial charge is 0.242 e. The number of carbonyl (C=O) groups excluding carboxylic acids is 2. The molecule has 0 fully saturated rings. The summed E-state index contributed by atoms with van der Waals surface area (Å²) in [6.45, 7) is 3.12. The number of carbonyl (C=O) groups is 2. The second kappa shape index (κ2) is 9.07. The van der Waals surface area contributed by atoms with Crippen LogP contribution in [-0.2, 0) is 19.4 Å². The Kier molecular flexibility index (Phi) is 7.04. The molecule has 0 saturated carbocycles. The highest BCUT2D eigenvalue weighted by atomic mass is 35.5. The molecule has 1 atom stereocenters. The molecule has 0 aliphatic carbocycles. The van der Waals surface area contributed by atoms with Gasteiger partial charge in [0.25, 0.3) is 0 Å². The van der Waals surface area contributed by atoms with E-state index in [0.717, 1.165) is 5.56 Å². The first kappa shape index (κ1) is 21.7. The molecule has 0 bridgehead atoms. The van der Waals surface area contributed by atoms with Crippen molar-refractivity contribution in [1.82, 2.24) is 0 Å². The quantitative estimate of drug-likeness (QED) is 0.711. The van der Waals surface area contributed by atoms with Gasteiger partial charge in [0, 0.05) is 10.7 Å². The molecule has 0 aliphatic rings. The Balaban J connectivity index is 2.05. The van der Waals surface area contributed by atoms with E-state index in [2.05, 4.69) is 10.6 Å². The summed E-state index contributed by atoms with van der Waals surface area (Å²) in [7, 11) is -2.62. The second-order valence-corrected chi connectivity index (χ2v) is 8.96. The standard InChI is InChI=1S/C19H21ClN2O5S/c1-12-4-7-15(8-5-12)21-18(23)11-28(25,26)13(2)19(24)22-16-10-14(20)6-9-17(16)27-3/h4-10,13H,11H2,1-3H3,(H,21,23)(H,22,24). The van der Waals surface area contributed by atoms with Gasteiger partial charge >= 0.3 is 0 Å². The summed E-state index contributed by atoms with van der Waals surface area (Å²) in [4.78, 5) is 24.5. The van der Waals surface area contributed by atoms with E-state index in [0.29, 0.717) is 16.5 Å². The molecule has 150 valence electrons. The van der Waals surface area contributed by atoms with Gasteiger partial charge in [0.05, 0.1) is 12.8 Å². The van der Waals surface area contributed by atoms with E-state index >= 15 is 0 Å². The fourth-order valence-corrected chi connectivity index (χ4v) is 3.56. The third-order valence-corrected chi connectivity index (χ3v) is 6.19. The van der Waals surface area contributed by atoms with Crippen molar-refractivity contribution < 1.29 is 22.7 Å². The van der Waals surface area contributed by atoms with Gasteiger partial charge in [-0.25, -0.2) is 8.42 Å². The molecule has 1 unspecified atom stereocenters. The second-order valence-electron chi connectivity index (χ2n) is 6.20. The Bertz CT molecular complexity index is 974. The van der Waals surface area contributed by atoms with Crippen molar-refractivity contribution in [3.63, 3.8) is 0 Å². The number of amides is 2. The molecule has 0 radical (unpaired) electrons. The lowest BCUT2D eigenvalue weighted by Gasteiger charge is -2.15. The third-order valence-electron chi connectivity index (χ3n) is 3.99. The fourth-order valence-electron chi connectivity index (χ4n) is 2.32. The number of rotatable bonds is 7. The van der Waals surface area contributed by atoms with Crippen LogP contribution in [0.2, 0.25) is 5.02 Å². The highest BCUT2D eigenvalue weighted by molar-refractivity contribution is 7.93. The predicted octanol–water partition coefficient (Wildman–Crippen LogP) is 3.04. The number of ether oxygens (including phenoxy) is 1. The van der Waals surface area contributed by atoms with E-state index < -0.39 is 32.7 Å². The molecule has 0 heterocycles. The van der Waals surface area contributed by atoms with Crippen molar-refractivity contribution in [3.05, 3.63) is 53.1 Å². The van der Waals surface area contributed by atoms with Crippen LogP contribution in [0.4, 0.5) is 11.4 Å². The molecule has 0 aromatic heterocycles. The Labute approximate surface area is 169 Å². The summed E-state index contributed by atoms with van der Waals surface area (Å²) >= 11 is 5.90. The summed E-state index contributed by atoms with van der Waals surface area (Å²) in [5.74, 6) is -1.99. The maximum atomic E-state index is 12.5. The van der Waals surface area contributed by atoms with Gasteiger partial charge in [-0.2, -0.15) is 0 Å².